The highest BCUT2D eigenvalue weighted by molar-refractivity contribution is 9.10. The maximum atomic E-state index is 12.4. The minimum atomic E-state index is -0.0260. The Morgan fingerprint density at radius 2 is 1.74 bits per heavy atom. The van der Waals surface area contributed by atoms with Gasteiger partial charge in [0.25, 0.3) is 0 Å². The average molecular weight is 362 g/mol. The number of halogens is 1. The first-order valence-corrected chi connectivity index (χ1v) is 8.06. The Balaban J connectivity index is 1.77. The largest absolute Gasteiger partial charge is 0.273 e. The number of carbonyl (C=O) groups is 1. The van der Waals surface area contributed by atoms with Crippen LogP contribution < -0.4 is 0 Å². The number of hydrogen-bond donors (Lipinski definition) is 0. The lowest BCUT2D eigenvalue weighted by molar-refractivity contribution is -0.111. The van der Waals surface area contributed by atoms with E-state index in [0.717, 1.165) is 21.2 Å². The molecule has 1 aliphatic carbocycles. The Labute approximate surface area is 144 Å². The quantitative estimate of drug-likeness (QED) is 0.525. The second kappa shape index (κ2) is 7.15. The zero-order valence-corrected chi connectivity index (χ0v) is 14.0. The number of allylic oxidation sites excluding steroid dienone is 7. The summed E-state index contributed by atoms with van der Waals surface area (Å²) in [5.41, 5.74) is 3.70. The van der Waals surface area contributed by atoms with Crippen LogP contribution in [0.25, 0.3) is 11.6 Å². The van der Waals surface area contributed by atoms with E-state index < -0.39 is 0 Å². The van der Waals surface area contributed by atoms with E-state index in [1.165, 1.54) is 0 Å². The number of hydrogen-bond acceptors (Lipinski definition) is 1. The van der Waals surface area contributed by atoms with Crippen LogP contribution in [0, 0.1) is 6.08 Å². The van der Waals surface area contributed by atoms with Crippen molar-refractivity contribution in [3.8, 4) is 0 Å². The molecular weight excluding hydrogens is 348 g/mol. The fourth-order valence-corrected chi connectivity index (χ4v) is 2.52. The van der Waals surface area contributed by atoms with E-state index in [-0.39, 0.29) is 5.78 Å². The van der Waals surface area contributed by atoms with Crippen LogP contribution in [0.1, 0.15) is 11.1 Å². The SMILES string of the molecule is O=C(/C=C/c1ccc(Br)cc1)C1=C[C+]=CC(c2ccccc2)=C1. The van der Waals surface area contributed by atoms with E-state index in [9.17, 15) is 4.79 Å². The van der Waals surface area contributed by atoms with E-state index in [2.05, 4.69) is 22.0 Å². The van der Waals surface area contributed by atoms with Gasteiger partial charge in [-0.15, -0.1) is 0 Å². The van der Waals surface area contributed by atoms with Crippen LogP contribution in [-0.2, 0) is 4.79 Å². The summed E-state index contributed by atoms with van der Waals surface area (Å²) in [4.78, 5) is 12.4. The van der Waals surface area contributed by atoms with E-state index in [1.807, 2.05) is 72.8 Å². The predicted octanol–water partition coefficient (Wildman–Crippen LogP) is 5.41. The smallest absolute Gasteiger partial charge is 0.241 e. The molecule has 2 aromatic carbocycles. The molecule has 0 N–H and O–H groups in total. The summed E-state index contributed by atoms with van der Waals surface area (Å²) < 4.78 is 1.02. The number of carbonyl (C=O) groups excluding carboxylic acids is 1. The van der Waals surface area contributed by atoms with Crippen LogP contribution >= 0.6 is 15.9 Å². The molecule has 0 aliphatic heterocycles. The molecule has 1 aliphatic rings. The zero-order chi connectivity index (χ0) is 16.1. The van der Waals surface area contributed by atoms with Gasteiger partial charge < -0.3 is 0 Å². The van der Waals surface area contributed by atoms with Gasteiger partial charge in [-0.3, -0.25) is 4.79 Å². The van der Waals surface area contributed by atoms with Gasteiger partial charge in [0.1, 0.15) is 17.7 Å². The Hall–Kier alpha value is -2.54. The second-order valence-corrected chi connectivity index (χ2v) is 6.04. The minimum Gasteiger partial charge on any atom is -0.273 e. The summed E-state index contributed by atoms with van der Waals surface area (Å²) in [5, 5.41) is 0. The minimum absolute atomic E-state index is 0.0260. The summed E-state index contributed by atoms with van der Waals surface area (Å²) in [5.74, 6) is -0.0260. The summed E-state index contributed by atoms with van der Waals surface area (Å²) in [6.07, 6.45) is 12.0. The highest BCUT2D eigenvalue weighted by Gasteiger charge is 2.17. The van der Waals surface area contributed by atoms with Gasteiger partial charge in [0.2, 0.25) is 5.78 Å². The predicted molar refractivity (Wildman–Crippen MR) is 98.5 cm³/mol. The molecule has 0 unspecified atom stereocenters. The molecule has 2 aromatic rings. The fraction of sp³-hybridized carbons (Fsp3) is 0. The molecule has 0 atom stereocenters. The molecule has 0 heterocycles. The van der Waals surface area contributed by atoms with Crippen LogP contribution in [0.3, 0.4) is 0 Å². The first kappa shape index (κ1) is 15.4. The van der Waals surface area contributed by atoms with E-state index >= 15 is 0 Å². The first-order valence-electron chi connectivity index (χ1n) is 7.27. The van der Waals surface area contributed by atoms with Gasteiger partial charge in [-0.2, -0.15) is 0 Å². The lowest BCUT2D eigenvalue weighted by Gasteiger charge is -1.99. The van der Waals surface area contributed by atoms with Crippen molar-refractivity contribution in [1.82, 2.24) is 0 Å². The molecule has 0 fully saturated rings. The third kappa shape index (κ3) is 4.01. The highest BCUT2D eigenvalue weighted by Crippen LogP contribution is 2.22. The second-order valence-electron chi connectivity index (χ2n) is 5.13. The topological polar surface area (TPSA) is 17.1 Å². The molecule has 0 aromatic heterocycles. The molecule has 110 valence electrons. The van der Waals surface area contributed by atoms with Crippen LogP contribution in [0.2, 0.25) is 0 Å². The van der Waals surface area contributed by atoms with Gasteiger partial charge >= 0.3 is 0 Å². The average Bonchev–Trinajstić information content (AvgIpc) is 2.62. The lowest BCUT2D eigenvalue weighted by atomic mass is 9.96. The molecule has 0 amide bonds. The van der Waals surface area contributed by atoms with Crippen LogP contribution in [0.4, 0.5) is 0 Å². The Kier molecular flexibility index (Phi) is 4.77. The fourth-order valence-electron chi connectivity index (χ4n) is 2.25. The molecule has 3 rings (SSSR count). The summed E-state index contributed by atoms with van der Waals surface area (Å²) >= 11 is 3.40. The maximum Gasteiger partial charge on any atom is 0.241 e. The van der Waals surface area contributed by atoms with Crippen molar-refractivity contribution in [2.45, 2.75) is 0 Å². The monoisotopic (exact) mass is 361 g/mol. The molecule has 0 bridgehead atoms. The van der Waals surface area contributed by atoms with Gasteiger partial charge in [-0.05, 0) is 35.9 Å². The Morgan fingerprint density at radius 3 is 2.48 bits per heavy atom. The third-order valence-corrected chi connectivity index (χ3v) is 4.01. The summed E-state index contributed by atoms with van der Waals surface area (Å²) in [6, 6.07) is 17.8. The van der Waals surface area contributed by atoms with Gasteiger partial charge in [-0.1, -0.05) is 46.3 Å². The normalized spacial score (nSPS) is 13.4. The lowest BCUT2D eigenvalue weighted by Crippen LogP contribution is -1.99. The third-order valence-electron chi connectivity index (χ3n) is 3.48. The molecule has 0 saturated carbocycles. The van der Waals surface area contributed by atoms with Gasteiger partial charge in [0.05, 0.1) is 11.6 Å². The number of ketones is 1. The molecule has 0 spiro atoms. The summed E-state index contributed by atoms with van der Waals surface area (Å²) in [7, 11) is 0. The maximum absolute atomic E-state index is 12.4. The number of rotatable bonds is 4. The van der Waals surface area contributed by atoms with E-state index in [0.29, 0.717) is 5.57 Å². The first-order chi connectivity index (χ1) is 11.2. The molecule has 0 saturated heterocycles. The van der Waals surface area contributed by atoms with Crippen molar-refractivity contribution in [2.24, 2.45) is 0 Å². The van der Waals surface area contributed by atoms with Gasteiger partial charge in [0, 0.05) is 22.2 Å². The van der Waals surface area contributed by atoms with Crippen molar-refractivity contribution in [2.75, 3.05) is 0 Å². The number of benzene rings is 2. The van der Waals surface area contributed by atoms with E-state index in [1.54, 1.807) is 12.2 Å². The molecule has 1 nitrogen and oxygen atoms in total. The molecular formula is C21H14BrO+. The van der Waals surface area contributed by atoms with Crippen molar-refractivity contribution in [1.29, 1.82) is 0 Å². The Morgan fingerprint density at radius 1 is 1.00 bits per heavy atom. The Bertz CT molecular complexity index is 822. The van der Waals surface area contributed by atoms with Crippen molar-refractivity contribution in [3.05, 3.63) is 106 Å². The summed E-state index contributed by atoms with van der Waals surface area (Å²) in [6.45, 7) is 0. The van der Waals surface area contributed by atoms with Crippen molar-refractivity contribution in [3.63, 3.8) is 0 Å². The van der Waals surface area contributed by atoms with Crippen LogP contribution in [-0.4, -0.2) is 5.78 Å². The molecule has 0 radical (unpaired) electrons. The van der Waals surface area contributed by atoms with E-state index in [4.69, 9.17) is 0 Å². The standard InChI is InChI=1S/C21H14BrO/c22-20-12-9-16(10-13-20)11-14-21(23)19-8-4-7-18(15-19)17-5-2-1-3-6-17/h1-3,5-15H/q+1/b14-11+. The van der Waals surface area contributed by atoms with Gasteiger partial charge in [-0.25, -0.2) is 0 Å². The van der Waals surface area contributed by atoms with Crippen molar-refractivity contribution < 1.29 is 4.79 Å². The van der Waals surface area contributed by atoms with Crippen LogP contribution in [0.15, 0.2) is 88.9 Å². The zero-order valence-electron chi connectivity index (χ0n) is 12.4. The van der Waals surface area contributed by atoms with Gasteiger partial charge in [0.15, 0.2) is 0 Å². The molecule has 2 heteroatoms. The highest BCUT2D eigenvalue weighted by atomic mass is 79.9. The van der Waals surface area contributed by atoms with Crippen molar-refractivity contribution >= 4 is 33.4 Å². The van der Waals surface area contributed by atoms with Crippen LogP contribution in [0.5, 0.6) is 0 Å². The molecule has 23 heavy (non-hydrogen) atoms.